The van der Waals surface area contributed by atoms with E-state index in [0.717, 1.165) is 17.7 Å². The van der Waals surface area contributed by atoms with Crippen molar-refractivity contribution in [3.05, 3.63) is 77.9 Å². The molecule has 1 N–H and O–H groups in total. The molecule has 0 aromatic heterocycles. The molecule has 0 amide bonds. The first-order valence-electron chi connectivity index (χ1n) is 11.8. The monoisotopic (exact) mass is 460 g/mol. The lowest BCUT2D eigenvalue weighted by Crippen LogP contribution is -2.08. The second-order valence-corrected chi connectivity index (χ2v) is 8.22. The molecule has 3 aromatic carbocycles. The minimum atomic E-state index is -0.518. The molecule has 6 heteroatoms. The maximum absolute atomic E-state index is 12.5. The molecule has 34 heavy (non-hydrogen) atoms. The molecule has 0 radical (unpaired) electrons. The van der Waals surface area contributed by atoms with E-state index < -0.39 is 5.97 Å². The molecule has 0 aliphatic heterocycles. The van der Waals surface area contributed by atoms with Crippen LogP contribution in [0.3, 0.4) is 0 Å². The van der Waals surface area contributed by atoms with Gasteiger partial charge in [-0.1, -0.05) is 56.7 Å². The van der Waals surface area contributed by atoms with Crippen molar-refractivity contribution >= 4 is 17.3 Å². The maximum Gasteiger partial charge on any atom is 0.343 e. The lowest BCUT2D eigenvalue weighted by molar-refractivity contribution is 0.0734. The van der Waals surface area contributed by atoms with E-state index in [-0.39, 0.29) is 17.2 Å². The summed E-state index contributed by atoms with van der Waals surface area (Å²) in [6, 6.07) is 18.9. The van der Waals surface area contributed by atoms with E-state index >= 15 is 0 Å². The molecule has 178 valence electrons. The van der Waals surface area contributed by atoms with Gasteiger partial charge in [0.15, 0.2) is 0 Å². The van der Waals surface area contributed by atoms with Gasteiger partial charge >= 0.3 is 5.97 Å². The topological polar surface area (TPSA) is 80.5 Å². The third kappa shape index (κ3) is 8.03. The van der Waals surface area contributed by atoms with Gasteiger partial charge in [0.25, 0.3) is 0 Å². The fraction of sp³-hybridized carbons (Fsp3) is 0.321. The lowest BCUT2D eigenvalue weighted by Gasteiger charge is -2.08. The average molecular weight is 461 g/mol. The number of carbonyl (C=O) groups is 1. The largest absolute Gasteiger partial charge is 0.505 e. The number of carbonyl (C=O) groups excluding carboxylic acids is 1. The van der Waals surface area contributed by atoms with Gasteiger partial charge in [-0.15, -0.1) is 5.11 Å². The standard InChI is InChI=1S/C28H32N2O4/c1-3-4-5-6-7-8-19-33-24-15-11-22(12-16-24)28(32)34-25-17-18-26(27(31)20-25)30-29-23-13-9-21(2)10-14-23/h9-18,20,31H,3-8,19H2,1-2H3. The molecule has 0 aliphatic rings. The number of ether oxygens (including phenoxy) is 2. The smallest absolute Gasteiger partial charge is 0.343 e. The molecule has 0 bridgehead atoms. The van der Waals surface area contributed by atoms with E-state index in [2.05, 4.69) is 17.2 Å². The number of benzene rings is 3. The van der Waals surface area contributed by atoms with Crippen LogP contribution in [0.5, 0.6) is 17.2 Å². The Bertz CT molecular complexity index is 1080. The van der Waals surface area contributed by atoms with Crippen LogP contribution in [0.15, 0.2) is 77.0 Å². The number of aromatic hydroxyl groups is 1. The predicted octanol–water partition coefficient (Wildman–Crippen LogP) is 8.07. The zero-order valence-corrected chi connectivity index (χ0v) is 19.9. The Morgan fingerprint density at radius 2 is 1.50 bits per heavy atom. The second kappa shape index (κ2) is 13.1. The summed E-state index contributed by atoms with van der Waals surface area (Å²) in [5.74, 6) is 0.307. The molecule has 0 saturated carbocycles. The number of unbranched alkanes of at least 4 members (excludes halogenated alkanes) is 5. The first kappa shape index (κ1) is 25.0. The molecule has 0 atom stereocenters. The van der Waals surface area contributed by atoms with Crippen LogP contribution in [0, 0.1) is 6.92 Å². The summed E-state index contributed by atoms with van der Waals surface area (Å²) in [6.07, 6.45) is 7.26. The molecule has 6 nitrogen and oxygen atoms in total. The van der Waals surface area contributed by atoms with Crippen LogP contribution in [0.2, 0.25) is 0 Å². The Morgan fingerprint density at radius 3 is 2.21 bits per heavy atom. The maximum atomic E-state index is 12.5. The zero-order valence-electron chi connectivity index (χ0n) is 19.9. The van der Waals surface area contributed by atoms with Gasteiger partial charge < -0.3 is 14.6 Å². The van der Waals surface area contributed by atoms with Crippen molar-refractivity contribution in [1.82, 2.24) is 0 Å². The highest BCUT2D eigenvalue weighted by molar-refractivity contribution is 5.91. The minimum Gasteiger partial charge on any atom is -0.505 e. The van der Waals surface area contributed by atoms with Gasteiger partial charge in [0, 0.05) is 6.07 Å². The van der Waals surface area contributed by atoms with Crippen molar-refractivity contribution in [2.75, 3.05) is 6.61 Å². The summed E-state index contributed by atoms with van der Waals surface area (Å²) in [5.41, 5.74) is 2.49. The van der Waals surface area contributed by atoms with Crippen molar-refractivity contribution in [3.8, 4) is 17.2 Å². The minimum absolute atomic E-state index is 0.125. The highest BCUT2D eigenvalue weighted by Crippen LogP contribution is 2.32. The Hall–Kier alpha value is -3.67. The molecular formula is C28H32N2O4. The third-order valence-electron chi connectivity index (χ3n) is 5.32. The van der Waals surface area contributed by atoms with Gasteiger partial charge in [-0.05, 0) is 61.9 Å². The molecule has 3 rings (SSSR count). The molecule has 0 unspecified atom stereocenters. The SMILES string of the molecule is CCCCCCCCOc1ccc(C(=O)Oc2ccc(N=Nc3ccc(C)cc3)c(O)c2)cc1. The summed E-state index contributed by atoms with van der Waals surface area (Å²) in [4.78, 5) is 12.5. The molecule has 0 heterocycles. The third-order valence-corrected chi connectivity index (χ3v) is 5.32. The number of rotatable bonds is 12. The van der Waals surface area contributed by atoms with Crippen LogP contribution in [0.4, 0.5) is 11.4 Å². The lowest BCUT2D eigenvalue weighted by atomic mass is 10.1. The number of phenols is 1. The Morgan fingerprint density at radius 1 is 0.824 bits per heavy atom. The van der Waals surface area contributed by atoms with Crippen LogP contribution < -0.4 is 9.47 Å². The van der Waals surface area contributed by atoms with Crippen LogP contribution in [-0.4, -0.2) is 17.7 Å². The zero-order chi connectivity index (χ0) is 24.2. The number of phenolic OH excluding ortho intramolecular Hbond substituents is 1. The molecule has 3 aromatic rings. The molecule has 0 spiro atoms. The predicted molar refractivity (Wildman–Crippen MR) is 134 cm³/mol. The summed E-state index contributed by atoms with van der Waals surface area (Å²) in [7, 11) is 0. The van der Waals surface area contributed by atoms with Crippen molar-refractivity contribution in [1.29, 1.82) is 0 Å². The Kier molecular flexibility index (Phi) is 9.65. The quantitative estimate of drug-likeness (QED) is 0.128. The van der Waals surface area contributed by atoms with Crippen molar-refractivity contribution in [2.45, 2.75) is 52.4 Å². The molecule has 0 aliphatic carbocycles. The Balaban J connectivity index is 1.49. The van der Waals surface area contributed by atoms with Crippen molar-refractivity contribution in [3.63, 3.8) is 0 Å². The van der Waals surface area contributed by atoms with E-state index in [9.17, 15) is 9.90 Å². The van der Waals surface area contributed by atoms with E-state index in [1.54, 1.807) is 36.4 Å². The van der Waals surface area contributed by atoms with Gasteiger partial charge in [0.1, 0.15) is 22.9 Å². The van der Waals surface area contributed by atoms with Crippen LogP contribution in [0.1, 0.15) is 61.4 Å². The first-order valence-corrected chi connectivity index (χ1v) is 11.8. The van der Waals surface area contributed by atoms with Crippen molar-refractivity contribution in [2.24, 2.45) is 10.2 Å². The summed E-state index contributed by atoms with van der Waals surface area (Å²) < 4.78 is 11.1. The number of azo groups is 1. The number of hydrogen-bond donors (Lipinski definition) is 1. The van der Waals surface area contributed by atoms with E-state index in [4.69, 9.17) is 9.47 Å². The number of hydrogen-bond acceptors (Lipinski definition) is 6. The number of nitrogens with zero attached hydrogens (tertiary/aromatic N) is 2. The normalized spacial score (nSPS) is 11.0. The number of esters is 1. The molecule has 0 saturated heterocycles. The highest BCUT2D eigenvalue weighted by Gasteiger charge is 2.11. The van der Waals surface area contributed by atoms with Gasteiger partial charge in [-0.3, -0.25) is 0 Å². The van der Waals surface area contributed by atoms with E-state index in [1.807, 2.05) is 31.2 Å². The van der Waals surface area contributed by atoms with E-state index in [1.165, 1.54) is 38.2 Å². The van der Waals surface area contributed by atoms with Crippen LogP contribution in [-0.2, 0) is 0 Å². The Labute approximate surface area is 201 Å². The summed E-state index contributed by atoms with van der Waals surface area (Å²) in [5, 5.41) is 18.4. The molecule has 0 fully saturated rings. The summed E-state index contributed by atoms with van der Waals surface area (Å²) >= 11 is 0. The average Bonchev–Trinajstić information content (AvgIpc) is 2.84. The van der Waals surface area contributed by atoms with E-state index in [0.29, 0.717) is 17.9 Å². The van der Waals surface area contributed by atoms with Crippen LogP contribution >= 0.6 is 0 Å². The molecular weight excluding hydrogens is 428 g/mol. The van der Waals surface area contributed by atoms with Crippen molar-refractivity contribution < 1.29 is 19.4 Å². The summed E-state index contributed by atoms with van der Waals surface area (Å²) in [6.45, 7) is 4.87. The first-order chi connectivity index (χ1) is 16.5. The fourth-order valence-electron chi connectivity index (χ4n) is 3.30. The van der Waals surface area contributed by atoms with Crippen LogP contribution in [0.25, 0.3) is 0 Å². The second-order valence-electron chi connectivity index (χ2n) is 8.22. The van der Waals surface area contributed by atoms with Gasteiger partial charge in [-0.2, -0.15) is 5.11 Å². The van der Waals surface area contributed by atoms with Gasteiger partial charge in [0.2, 0.25) is 0 Å². The van der Waals surface area contributed by atoms with Gasteiger partial charge in [-0.25, -0.2) is 4.79 Å². The highest BCUT2D eigenvalue weighted by atomic mass is 16.5. The van der Waals surface area contributed by atoms with Gasteiger partial charge in [0.05, 0.1) is 17.9 Å². The number of aryl methyl sites for hydroxylation is 1. The fourth-order valence-corrected chi connectivity index (χ4v) is 3.30.